The first-order valence-electron chi connectivity index (χ1n) is 9.12. The van der Waals surface area contributed by atoms with Crippen molar-refractivity contribution in [3.05, 3.63) is 75.8 Å². The van der Waals surface area contributed by atoms with Gasteiger partial charge in [-0.15, -0.1) is 0 Å². The fraction of sp³-hybridized carbons (Fsp3) is 0.238. The van der Waals surface area contributed by atoms with Gasteiger partial charge in [0.05, 0.1) is 12.0 Å². The monoisotopic (exact) mass is 395 g/mol. The molecule has 29 heavy (non-hydrogen) atoms. The Bertz CT molecular complexity index is 932. The summed E-state index contributed by atoms with van der Waals surface area (Å²) in [5.74, 6) is 0.424. The van der Waals surface area contributed by atoms with Crippen molar-refractivity contribution in [1.82, 2.24) is 9.80 Å². The maximum absolute atomic E-state index is 12.6. The highest BCUT2D eigenvalue weighted by Gasteiger charge is 2.23. The molecule has 0 N–H and O–H groups in total. The van der Waals surface area contributed by atoms with Gasteiger partial charge in [0.25, 0.3) is 11.6 Å². The van der Waals surface area contributed by atoms with Crippen molar-refractivity contribution in [2.24, 2.45) is 0 Å². The van der Waals surface area contributed by atoms with Crippen LogP contribution in [0.25, 0.3) is 6.08 Å². The van der Waals surface area contributed by atoms with Gasteiger partial charge in [0.15, 0.2) is 0 Å². The van der Waals surface area contributed by atoms with Gasteiger partial charge in [-0.2, -0.15) is 0 Å². The van der Waals surface area contributed by atoms with E-state index in [9.17, 15) is 19.7 Å². The molecule has 1 fully saturated rings. The average molecular weight is 395 g/mol. The quantitative estimate of drug-likeness (QED) is 0.441. The molecular formula is C21H21N3O5. The molecule has 1 aliphatic rings. The average Bonchev–Trinajstić information content (AvgIpc) is 2.77. The van der Waals surface area contributed by atoms with Crippen molar-refractivity contribution in [3.8, 4) is 5.75 Å². The molecule has 0 radical (unpaired) electrons. The molecule has 8 nitrogen and oxygen atoms in total. The molecule has 1 aliphatic heterocycles. The van der Waals surface area contributed by atoms with Crippen molar-refractivity contribution < 1.29 is 19.2 Å². The summed E-state index contributed by atoms with van der Waals surface area (Å²) in [6.07, 6.45) is 2.96. The molecule has 0 unspecified atom stereocenters. The van der Waals surface area contributed by atoms with Crippen LogP contribution in [0, 0.1) is 10.1 Å². The minimum atomic E-state index is -0.474. The van der Waals surface area contributed by atoms with Crippen LogP contribution in [-0.4, -0.2) is 59.8 Å². The number of nitro benzene ring substituents is 1. The maximum Gasteiger partial charge on any atom is 0.270 e. The van der Waals surface area contributed by atoms with E-state index in [-0.39, 0.29) is 17.5 Å². The number of nitro groups is 1. The fourth-order valence-electron chi connectivity index (χ4n) is 3.06. The van der Waals surface area contributed by atoms with Crippen molar-refractivity contribution in [1.29, 1.82) is 0 Å². The second kappa shape index (κ2) is 9.01. The van der Waals surface area contributed by atoms with E-state index in [2.05, 4.69) is 0 Å². The van der Waals surface area contributed by atoms with E-state index in [0.717, 1.165) is 0 Å². The zero-order valence-electron chi connectivity index (χ0n) is 16.0. The normalized spacial score (nSPS) is 14.1. The zero-order chi connectivity index (χ0) is 20.8. The van der Waals surface area contributed by atoms with Gasteiger partial charge in [0, 0.05) is 50.0 Å². The Morgan fingerprint density at radius 3 is 2.31 bits per heavy atom. The molecule has 0 bridgehead atoms. The van der Waals surface area contributed by atoms with Gasteiger partial charge in [-0.3, -0.25) is 19.7 Å². The van der Waals surface area contributed by atoms with Crippen LogP contribution in [0.3, 0.4) is 0 Å². The number of hydrogen-bond donors (Lipinski definition) is 0. The van der Waals surface area contributed by atoms with Gasteiger partial charge in [-0.25, -0.2) is 0 Å². The molecule has 0 atom stereocenters. The predicted molar refractivity (Wildman–Crippen MR) is 108 cm³/mol. The van der Waals surface area contributed by atoms with E-state index < -0.39 is 4.92 Å². The molecule has 8 heteroatoms. The first kappa shape index (κ1) is 20.1. The first-order chi connectivity index (χ1) is 14.0. The summed E-state index contributed by atoms with van der Waals surface area (Å²) in [6.45, 7) is 1.75. The third-order valence-electron chi connectivity index (χ3n) is 4.71. The summed E-state index contributed by atoms with van der Waals surface area (Å²) in [5, 5.41) is 10.8. The van der Waals surface area contributed by atoms with Crippen LogP contribution in [0.15, 0.2) is 54.6 Å². The van der Waals surface area contributed by atoms with Gasteiger partial charge in [0.2, 0.25) is 5.91 Å². The lowest BCUT2D eigenvalue weighted by atomic mass is 10.1. The third kappa shape index (κ3) is 4.98. The molecule has 2 aromatic rings. The number of non-ortho nitro benzene ring substituents is 1. The molecule has 1 saturated heterocycles. The maximum atomic E-state index is 12.6. The molecule has 2 aromatic carbocycles. The summed E-state index contributed by atoms with van der Waals surface area (Å²) in [7, 11) is 1.57. The van der Waals surface area contributed by atoms with E-state index in [0.29, 0.717) is 43.1 Å². The summed E-state index contributed by atoms with van der Waals surface area (Å²) in [4.78, 5) is 38.7. The van der Waals surface area contributed by atoms with Crippen molar-refractivity contribution >= 4 is 23.6 Å². The molecular weight excluding hydrogens is 374 g/mol. The van der Waals surface area contributed by atoms with E-state index in [1.54, 1.807) is 59.4 Å². The number of carbonyl (C=O) groups excluding carboxylic acids is 2. The van der Waals surface area contributed by atoms with Crippen molar-refractivity contribution in [2.45, 2.75) is 0 Å². The van der Waals surface area contributed by atoms with Crippen LogP contribution in [0.2, 0.25) is 0 Å². The summed E-state index contributed by atoms with van der Waals surface area (Å²) in [5.41, 5.74) is 1.14. The molecule has 150 valence electrons. The van der Waals surface area contributed by atoms with Gasteiger partial charge < -0.3 is 14.5 Å². The summed E-state index contributed by atoms with van der Waals surface area (Å²) in [6, 6.07) is 13.0. The van der Waals surface area contributed by atoms with Crippen LogP contribution in [0.4, 0.5) is 5.69 Å². The number of rotatable bonds is 5. The Kier molecular flexibility index (Phi) is 6.23. The van der Waals surface area contributed by atoms with Crippen LogP contribution >= 0.6 is 0 Å². The molecule has 0 aromatic heterocycles. The van der Waals surface area contributed by atoms with Crippen molar-refractivity contribution in [3.63, 3.8) is 0 Å². The Hall–Kier alpha value is -3.68. The van der Waals surface area contributed by atoms with E-state index in [4.69, 9.17) is 4.74 Å². The molecule has 2 amide bonds. The van der Waals surface area contributed by atoms with Gasteiger partial charge in [-0.05, 0) is 35.9 Å². The Balaban J connectivity index is 1.55. The lowest BCUT2D eigenvalue weighted by molar-refractivity contribution is -0.384. The Morgan fingerprint density at radius 2 is 1.69 bits per heavy atom. The Morgan fingerprint density at radius 1 is 1.03 bits per heavy atom. The third-order valence-corrected chi connectivity index (χ3v) is 4.71. The smallest absolute Gasteiger partial charge is 0.270 e. The van der Waals surface area contributed by atoms with E-state index in [1.807, 2.05) is 0 Å². The van der Waals surface area contributed by atoms with Crippen LogP contribution < -0.4 is 4.74 Å². The highest BCUT2D eigenvalue weighted by atomic mass is 16.6. The summed E-state index contributed by atoms with van der Waals surface area (Å²) >= 11 is 0. The lowest BCUT2D eigenvalue weighted by Crippen LogP contribution is -2.50. The first-order valence-corrected chi connectivity index (χ1v) is 9.12. The number of amides is 2. The largest absolute Gasteiger partial charge is 0.497 e. The highest BCUT2D eigenvalue weighted by Crippen LogP contribution is 2.16. The van der Waals surface area contributed by atoms with Gasteiger partial charge in [0.1, 0.15) is 5.75 Å². The number of methoxy groups -OCH3 is 1. The topological polar surface area (TPSA) is 93.0 Å². The minimum absolute atomic E-state index is 0.0229. The number of piperazine rings is 1. The van der Waals surface area contributed by atoms with Crippen LogP contribution in [0.5, 0.6) is 5.75 Å². The predicted octanol–water partition coefficient (Wildman–Crippen LogP) is 2.60. The highest BCUT2D eigenvalue weighted by molar-refractivity contribution is 5.95. The SMILES string of the molecule is COc1ccc(C(=O)N2CCN(C(=O)/C=C/c3cccc([N+](=O)[O-])c3)CC2)cc1. The number of benzene rings is 2. The van der Waals surface area contributed by atoms with Gasteiger partial charge >= 0.3 is 0 Å². The van der Waals surface area contributed by atoms with E-state index >= 15 is 0 Å². The van der Waals surface area contributed by atoms with Gasteiger partial charge in [-0.1, -0.05) is 12.1 Å². The van der Waals surface area contributed by atoms with Crippen molar-refractivity contribution in [2.75, 3.05) is 33.3 Å². The summed E-state index contributed by atoms with van der Waals surface area (Å²) < 4.78 is 5.10. The molecule has 0 saturated carbocycles. The standard InChI is InChI=1S/C21H21N3O5/c1-29-19-8-6-17(7-9-19)21(26)23-13-11-22(12-14-23)20(25)10-5-16-3-2-4-18(15-16)24(27)28/h2-10,15H,11-14H2,1H3/b10-5+. The number of nitrogens with zero attached hydrogens (tertiary/aromatic N) is 3. The number of carbonyl (C=O) groups is 2. The molecule has 0 spiro atoms. The molecule has 0 aliphatic carbocycles. The fourth-order valence-corrected chi connectivity index (χ4v) is 3.06. The Labute approximate surface area is 168 Å². The number of hydrogen-bond acceptors (Lipinski definition) is 5. The van der Waals surface area contributed by atoms with Crippen LogP contribution in [-0.2, 0) is 4.79 Å². The molecule has 1 heterocycles. The van der Waals surface area contributed by atoms with Crippen LogP contribution in [0.1, 0.15) is 15.9 Å². The second-order valence-corrected chi connectivity index (χ2v) is 6.53. The lowest BCUT2D eigenvalue weighted by Gasteiger charge is -2.34. The molecule has 3 rings (SSSR count). The minimum Gasteiger partial charge on any atom is -0.497 e. The zero-order valence-corrected chi connectivity index (χ0v) is 16.0. The second-order valence-electron chi connectivity index (χ2n) is 6.53. The van der Waals surface area contributed by atoms with E-state index in [1.165, 1.54) is 18.2 Å². The number of ether oxygens (including phenoxy) is 1.